The van der Waals surface area contributed by atoms with Crippen molar-refractivity contribution in [3.05, 3.63) is 35.6 Å². The number of pyridine rings is 2. The van der Waals surface area contributed by atoms with E-state index in [1.807, 2.05) is 6.07 Å². The quantitative estimate of drug-likeness (QED) is 0.718. The van der Waals surface area contributed by atoms with E-state index in [1.165, 1.54) is 11.3 Å². The zero-order valence-electron chi connectivity index (χ0n) is 9.16. The lowest BCUT2D eigenvalue weighted by Gasteiger charge is -2.05. The molecule has 0 amide bonds. The molecule has 0 fully saturated rings. The van der Waals surface area contributed by atoms with Gasteiger partial charge in [0.2, 0.25) is 0 Å². The Morgan fingerprint density at radius 1 is 1.39 bits per heavy atom. The van der Waals surface area contributed by atoms with Crippen LogP contribution in [-0.4, -0.2) is 15.0 Å². The van der Waals surface area contributed by atoms with Crippen molar-refractivity contribution in [2.24, 2.45) is 0 Å². The van der Waals surface area contributed by atoms with Crippen molar-refractivity contribution in [3.8, 4) is 17.3 Å². The van der Waals surface area contributed by atoms with Crippen molar-refractivity contribution in [2.75, 3.05) is 5.73 Å². The molecule has 0 saturated heterocycles. The van der Waals surface area contributed by atoms with Gasteiger partial charge in [0.05, 0.1) is 21.6 Å². The summed E-state index contributed by atoms with van der Waals surface area (Å²) in [5.74, 6) is 0. The normalized spacial score (nSPS) is 10.4. The second-order valence-electron chi connectivity index (χ2n) is 3.61. The van der Waals surface area contributed by atoms with E-state index in [1.54, 1.807) is 24.0 Å². The Balaban J connectivity index is 2.39. The van der Waals surface area contributed by atoms with E-state index < -0.39 is 0 Å². The van der Waals surface area contributed by atoms with Gasteiger partial charge in [0.1, 0.15) is 11.6 Å². The molecular formula is C12H7N5S. The Bertz CT molecular complexity index is 757. The second-order valence-corrected chi connectivity index (χ2v) is 4.46. The number of fused-ring (bicyclic) bond motifs is 1. The van der Waals surface area contributed by atoms with Crippen LogP contribution in [0, 0.1) is 11.3 Å². The highest BCUT2D eigenvalue weighted by atomic mass is 32.1. The molecule has 5 nitrogen and oxygen atoms in total. The summed E-state index contributed by atoms with van der Waals surface area (Å²) in [5.41, 5.74) is 10.3. The molecule has 6 heteroatoms. The van der Waals surface area contributed by atoms with Crippen molar-refractivity contribution in [3.63, 3.8) is 0 Å². The average Bonchev–Trinajstić information content (AvgIpc) is 2.88. The first-order valence-electron chi connectivity index (χ1n) is 5.14. The molecule has 0 spiro atoms. The molecular weight excluding hydrogens is 246 g/mol. The number of rotatable bonds is 1. The van der Waals surface area contributed by atoms with E-state index in [-0.39, 0.29) is 0 Å². The van der Waals surface area contributed by atoms with Gasteiger partial charge in [-0.2, -0.15) is 5.26 Å². The Labute approximate surface area is 107 Å². The molecule has 0 aromatic carbocycles. The minimum Gasteiger partial charge on any atom is -0.396 e. The Kier molecular flexibility index (Phi) is 2.39. The van der Waals surface area contributed by atoms with E-state index in [4.69, 9.17) is 5.73 Å². The molecule has 0 aliphatic carbocycles. The molecule has 86 valence electrons. The number of aromatic nitrogens is 3. The zero-order valence-corrected chi connectivity index (χ0v) is 9.98. The van der Waals surface area contributed by atoms with Crippen LogP contribution in [0.15, 0.2) is 30.0 Å². The minimum absolute atomic E-state index is 0.375. The predicted octanol–water partition coefficient (Wildman–Crippen LogP) is 2.21. The van der Waals surface area contributed by atoms with Crippen LogP contribution in [0.4, 0.5) is 5.69 Å². The van der Waals surface area contributed by atoms with Gasteiger partial charge in [0.15, 0.2) is 5.65 Å². The minimum atomic E-state index is 0.375. The maximum atomic E-state index is 9.25. The van der Waals surface area contributed by atoms with Gasteiger partial charge >= 0.3 is 0 Å². The van der Waals surface area contributed by atoms with Gasteiger partial charge in [0, 0.05) is 18.0 Å². The number of thiazole rings is 1. The fourth-order valence-corrected chi connectivity index (χ4v) is 2.42. The summed E-state index contributed by atoms with van der Waals surface area (Å²) >= 11 is 1.38. The van der Waals surface area contributed by atoms with Crippen LogP contribution >= 0.6 is 11.3 Å². The molecule has 0 saturated carbocycles. The molecule has 0 bridgehead atoms. The molecule has 3 aromatic rings. The third-order valence-corrected chi connectivity index (χ3v) is 3.41. The molecule has 18 heavy (non-hydrogen) atoms. The van der Waals surface area contributed by atoms with Gasteiger partial charge < -0.3 is 5.73 Å². The zero-order chi connectivity index (χ0) is 12.5. The van der Waals surface area contributed by atoms with Gasteiger partial charge in [0.25, 0.3) is 0 Å². The maximum Gasteiger partial charge on any atom is 0.173 e. The second kappa shape index (κ2) is 4.05. The van der Waals surface area contributed by atoms with Gasteiger partial charge in [-0.05, 0) is 12.1 Å². The van der Waals surface area contributed by atoms with Crippen molar-refractivity contribution in [2.45, 2.75) is 0 Å². The van der Waals surface area contributed by atoms with Gasteiger partial charge in [-0.1, -0.05) is 0 Å². The summed E-state index contributed by atoms with van der Waals surface area (Å²) in [6.45, 7) is 0. The van der Waals surface area contributed by atoms with Crippen LogP contribution in [0.3, 0.4) is 0 Å². The smallest absolute Gasteiger partial charge is 0.173 e. The first kappa shape index (κ1) is 10.6. The molecule has 0 aliphatic heterocycles. The van der Waals surface area contributed by atoms with Gasteiger partial charge in [-0.3, -0.25) is 4.98 Å². The topological polar surface area (TPSA) is 88.5 Å². The molecule has 3 heterocycles. The Morgan fingerprint density at radius 3 is 3.00 bits per heavy atom. The fourth-order valence-electron chi connectivity index (χ4n) is 1.73. The summed E-state index contributed by atoms with van der Waals surface area (Å²) in [6.07, 6.45) is 3.32. The number of nitrogens with two attached hydrogens (primary N) is 1. The number of nitriles is 1. The number of nitrogen functional groups attached to an aromatic ring is 1. The van der Waals surface area contributed by atoms with Crippen LogP contribution in [0.2, 0.25) is 0 Å². The molecule has 0 atom stereocenters. The van der Waals surface area contributed by atoms with Crippen LogP contribution in [0.1, 0.15) is 5.56 Å². The summed E-state index contributed by atoms with van der Waals surface area (Å²) < 4.78 is 0.749. The lowest BCUT2D eigenvalue weighted by atomic mass is 10.1. The van der Waals surface area contributed by atoms with Crippen molar-refractivity contribution < 1.29 is 0 Å². The summed E-state index contributed by atoms with van der Waals surface area (Å²) in [7, 11) is 0. The van der Waals surface area contributed by atoms with E-state index in [2.05, 4.69) is 21.0 Å². The van der Waals surface area contributed by atoms with Crippen molar-refractivity contribution in [1.29, 1.82) is 5.26 Å². The van der Waals surface area contributed by atoms with Crippen molar-refractivity contribution >= 4 is 27.4 Å². The highest BCUT2D eigenvalue weighted by Gasteiger charge is 2.15. The van der Waals surface area contributed by atoms with Crippen molar-refractivity contribution in [1.82, 2.24) is 15.0 Å². The Hall–Kier alpha value is -2.52. The summed E-state index contributed by atoms with van der Waals surface area (Å²) in [5, 5.41) is 9.25. The van der Waals surface area contributed by atoms with E-state index in [9.17, 15) is 5.26 Å². The van der Waals surface area contributed by atoms with Crippen LogP contribution in [-0.2, 0) is 0 Å². The van der Waals surface area contributed by atoms with Crippen LogP contribution in [0.25, 0.3) is 21.6 Å². The van der Waals surface area contributed by atoms with E-state index >= 15 is 0 Å². The Morgan fingerprint density at radius 2 is 2.28 bits per heavy atom. The molecule has 0 unspecified atom stereocenters. The molecule has 0 radical (unpaired) electrons. The lowest BCUT2D eigenvalue weighted by molar-refractivity contribution is 1.27. The predicted molar refractivity (Wildman–Crippen MR) is 69.8 cm³/mol. The third-order valence-electron chi connectivity index (χ3n) is 2.56. The number of hydrogen-bond acceptors (Lipinski definition) is 6. The molecule has 3 rings (SSSR count). The van der Waals surface area contributed by atoms with Gasteiger partial charge in [-0.15, -0.1) is 11.3 Å². The van der Waals surface area contributed by atoms with Gasteiger partial charge in [-0.25, -0.2) is 9.97 Å². The van der Waals surface area contributed by atoms with Crippen LogP contribution < -0.4 is 5.73 Å². The monoisotopic (exact) mass is 253 g/mol. The van der Waals surface area contributed by atoms with E-state index in [0.717, 1.165) is 10.3 Å². The SMILES string of the molecule is N#Cc1c(-c2cccnc2)nc2ncsc2c1N. The lowest BCUT2D eigenvalue weighted by Crippen LogP contribution is -1.98. The van der Waals surface area contributed by atoms with E-state index in [0.29, 0.717) is 22.6 Å². The highest BCUT2D eigenvalue weighted by Crippen LogP contribution is 2.32. The molecule has 3 aromatic heterocycles. The van der Waals surface area contributed by atoms with Crippen LogP contribution in [0.5, 0.6) is 0 Å². The fraction of sp³-hybridized carbons (Fsp3) is 0. The third kappa shape index (κ3) is 1.49. The summed E-state index contributed by atoms with van der Waals surface area (Å²) in [6, 6.07) is 5.74. The number of nitrogens with zero attached hydrogens (tertiary/aromatic N) is 4. The number of hydrogen-bond donors (Lipinski definition) is 1. The summed E-state index contributed by atoms with van der Waals surface area (Å²) in [4.78, 5) is 12.6. The number of anilines is 1. The molecule has 2 N–H and O–H groups in total. The largest absolute Gasteiger partial charge is 0.396 e. The standard InChI is InChI=1S/C12H7N5S/c13-4-8-9(14)11-12(16-6-18-11)17-10(8)7-2-1-3-15-5-7/h1-3,5-6H,(H2,14,17). The molecule has 0 aliphatic rings. The first-order valence-corrected chi connectivity index (χ1v) is 6.02. The first-order chi connectivity index (χ1) is 8.81. The maximum absolute atomic E-state index is 9.25. The average molecular weight is 253 g/mol. The highest BCUT2D eigenvalue weighted by molar-refractivity contribution is 7.17.